The van der Waals surface area contributed by atoms with Gasteiger partial charge in [0, 0.05) is 0 Å². The molecule has 0 radical (unpaired) electrons. The normalized spacial score (nSPS) is 22.8. The lowest BCUT2D eigenvalue weighted by Gasteiger charge is -2.34. The predicted molar refractivity (Wildman–Crippen MR) is 75.0 cm³/mol. The van der Waals surface area contributed by atoms with Gasteiger partial charge in [-0.2, -0.15) is 0 Å². The van der Waals surface area contributed by atoms with Gasteiger partial charge in [-0.1, -0.05) is 19.1 Å². The molecule has 0 atom stereocenters. The maximum atomic E-state index is 12.2. The topological polar surface area (TPSA) is 69.4 Å². The molecule has 4 nitrogen and oxygen atoms in total. The Labute approximate surface area is 114 Å². The van der Waals surface area contributed by atoms with Crippen molar-refractivity contribution >= 4 is 9.84 Å². The van der Waals surface area contributed by atoms with E-state index in [1.165, 1.54) is 0 Å². The quantitative estimate of drug-likeness (QED) is 0.866. The van der Waals surface area contributed by atoms with E-state index < -0.39 is 9.84 Å². The second-order valence-electron chi connectivity index (χ2n) is 5.08. The van der Waals surface area contributed by atoms with Crippen LogP contribution in [0.15, 0.2) is 29.2 Å². The molecule has 0 aliphatic heterocycles. The van der Waals surface area contributed by atoms with Crippen LogP contribution in [0, 0.1) is 5.92 Å². The van der Waals surface area contributed by atoms with Gasteiger partial charge in [-0.05, 0) is 43.9 Å². The minimum Gasteiger partial charge on any atom is -0.489 e. The van der Waals surface area contributed by atoms with E-state index in [0.29, 0.717) is 29.5 Å². The number of para-hydroxylation sites is 1. The van der Waals surface area contributed by atoms with Gasteiger partial charge in [0.1, 0.15) is 10.6 Å². The van der Waals surface area contributed by atoms with Crippen molar-refractivity contribution in [2.75, 3.05) is 12.3 Å². The predicted octanol–water partition coefficient (Wildman–Crippen LogP) is 1.99. The molecule has 1 saturated carbocycles. The van der Waals surface area contributed by atoms with Gasteiger partial charge >= 0.3 is 0 Å². The SMILES string of the molecule is CCCS(=O)(=O)c1ccccc1OC1CC(CN)C1. The maximum Gasteiger partial charge on any atom is 0.182 e. The molecule has 0 saturated heterocycles. The van der Waals surface area contributed by atoms with Crippen LogP contribution in [-0.2, 0) is 9.84 Å². The molecule has 0 amide bonds. The number of benzene rings is 1. The molecular formula is C14H21NO3S. The molecule has 19 heavy (non-hydrogen) atoms. The van der Waals surface area contributed by atoms with Crippen LogP contribution in [0.4, 0.5) is 0 Å². The average molecular weight is 283 g/mol. The summed E-state index contributed by atoms with van der Waals surface area (Å²) in [6.45, 7) is 2.54. The summed E-state index contributed by atoms with van der Waals surface area (Å²) in [6, 6.07) is 6.90. The first-order chi connectivity index (χ1) is 9.06. The first-order valence-electron chi connectivity index (χ1n) is 6.75. The molecule has 5 heteroatoms. The fraction of sp³-hybridized carbons (Fsp3) is 0.571. The number of rotatable bonds is 6. The highest BCUT2D eigenvalue weighted by Crippen LogP contribution is 2.33. The summed E-state index contributed by atoms with van der Waals surface area (Å²) in [7, 11) is -3.24. The van der Waals surface area contributed by atoms with Crippen LogP contribution in [-0.4, -0.2) is 26.8 Å². The Balaban J connectivity index is 2.13. The molecule has 0 spiro atoms. The molecule has 1 aliphatic rings. The van der Waals surface area contributed by atoms with Crippen LogP contribution in [0.3, 0.4) is 0 Å². The summed E-state index contributed by atoms with van der Waals surface area (Å²) in [5.41, 5.74) is 5.58. The van der Waals surface area contributed by atoms with Gasteiger partial charge in [-0.15, -0.1) is 0 Å². The van der Waals surface area contributed by atoms with Crippen molar-refractivity contribution in [3.8, 4) is 5.75 Å². The van der Waals surface area contributed by atoms with E-state index >= 15 is 0 Å². The number of hydrogen-bond acceptors (Lipinski definition) is 4. The second-order valence-corrected chi connectivity index (χ2v) is 7.16. The van der Waals surface area contributed by atoms with Crippen molar-refractivity contribution in [1.82, 2.24) is 0 Å². The molecule has 0 heterocycles. The van der Waals surface area contributed by atoms with Crippen molar-refractivity contribution in [2.24, 2.45) is 11.7 Å². The molecule has 1 fully saturated rings. The third-order valence-corrected chi connectivity index (χ3v) is 5.43. The molecule has 106 valence electrons. The third kappa shape index (κ3) is 3.28. The van der Waals surface area contributed by atoms with Gasteiger partial charge in [0.2, 0.25) is 0 Å². The van der Waals surface area contributed by atoms with Gasteiger partial charge in [0.25, 0.3) is 0 Å². The van der Waals surface area contributed by atoms with Gasteiger partial charge in [0.05, 0.1) is 11.9 Å². The van der Waals surface area contributed by atoms with Crippen molar-refractivity contribution in [3.63, 3.8) is 0 Å². The second kappa shape index (κ2) is 5.92. The lowest BCUT2D eigenvalue weighted by molar-refractivity contribution is 0.0664. The van der Waals surface area contributed by atoms with E-state index in [-0.39, 0.29) is 11.9 Å². The number of nitrogens with two attached hydrogens (primary N) is 1. The standard InChI is InChI=1S/C14H21NO3S/c1-2-7-19(16,17)14-6-4-3-5-13(14)18-12-8-11(9-12)10-15/h3-6,11-12H,2,7-10,15H2,1H3. The zero-order valence-corrected chi connectivity index (χ0v) is 12.0. The van der Waals surface area contributed by atoms with Gasteiger partial charge < -0.3 is 10.5 Å². The molecule has 2 N–H and O–H groups in total. The Morgan fingerprint density at radius 1 is 1.32 bits per heavy atom. The summed E-state index contributed by atoms with van der Waals surface area (Å²) in [4.78, 5) is 0.313. The Morgan fingerprint density at radius 3 is 2.63 bits per heavy atom. The molecule has 1 aromatic carbocycles. The van der Waals surface area contributed by atoms with Crippen LogP contribution < -0.4 is 10.5 Å². The zero-order chi connectivity index (χ0) is 13.9. The monoisotopic (exact) mass is 283 g/mol. The first-order valence-corrected chi connectivity index (χ1v) is 8.40. The third-order valence-electron chi connectivity index (χ3n) is 3.48. The number of sulfone groups is 1. The van der Waals surface area contributed by atoms with Crippen molar-refractivity contribution < 1.29 is 13.2 Å². The summed E-state index contributed by atoms with van der Waals surface area (Å²) >= 11 is 0. The molecule has 1 aliphatic carbocycles. The summed E-state index contributed by atoms with van der Waals surface area (Å²) in [5.74, 6) is 1.16. The fourth-order valence-electron chi connectivity index (χ4n) is 2.33. The van der Waals surface area contributed by atoms with Gasteiger partial charge in [-0.3, -0.25) is 0 Å². The van der Waals surface area contributed by atoms with Crippen LogP contribution in [0.25, 0.3) is 0 Å². The summed E-state index contributed by atoms with van der Waals surface area (Å²) in [6.07, 6.45) is 2.54. The Hall–Kier alpha value is -1.07. The summed E-state index contributed by atoms with van der Waals surface area (Å²) < 4.78 is 30.1. The molecule has 0 unspecified atom stereocenters. The number of ether oxygens (including phenoxy) is 1. The van der Waals surface area contributed by atoms with Crippen LogP contribution in [0.5, 0.6) is 5.75 Å². The zero-order valence-electron chi connectivity index (χ0n) is 11.2. The molecular weight excluding hydrogens is 262 g/mol. The lowest BCUT2D eigenvalue weighted by Crippen LogP contribution is -2.38. The fourth-order valence-corrected chi connectivity index (χ4v) is 3.79. The minimum absolute atomic E-state index is 0.103. The first kappa shape index (κ1) is 14.3. The van der Waals surface area contributed by atoms with Crippen LogP contribution in [0.1, 0.15) is 26.2 Å². The van der Waals surface area contributed by atoms with E-state index in [9.17, 15) is 8.42 Å². The highest BCUT2D eigenvalue weighted by Gasteiger charge is 2.31. The maximum absolute atomic E-state index is 12.2. The van der Waals surface area contributed by atoms with Gasteiger partial charge in [-0.25, -0.2) is 8.42 Å². The largest absolute Gasteiger partial charge is 0.489 e. The van der Waals surface area contributed by atoms with E-state index in [1.807, 2.05) is 6.92 Å². The van der Waals surface area contributed by atoms with Crippen molar-refractivity contribution in [3.05, 3.63) is 24.3 Å². The van der Waals surface area contributed by atoms with Crippen molar-refractivity contribution in [2.45, 2.75) is 37.2 Å². The molecule has 2 rings (SSSR count). The Kier molecular flexibility index (Phi) is 4.47. The van der Waals surface area contributed by atoms with E-state index in [2.05, 4.69) is 0 Å². The minimum atomic E-state index is -3.24. The Morgan fingerprint density at radius 2 is 2.00 bits per heavy atom. The van der Waals surface area contributed by atoms with Gasteiger partial charge in [0.15, 0.2) is 9.84 Å². The average Bonchev–Trinajstić information content (AvgIpc) is 2.33. The van der Waals surface area contributed by atoms with E-state index in [1.54, 1.807) is 24.3 Å². The molecule has 1 aromatic rings. The van der Waals surface area contributed by atoms with Crippen LogP contribution >= 0.6 is 0 Å². The van der Waals surface area contributed by atoms with E-state index in [4.69, 9.17) is 10.5 Å². The van der Waals surface area contributed by atoms with Crippen molar-refractivity contribution in [1.29, 1.82) is 0 Å². The Bertz CT molecular complexity index is 521. The molecule has 0 bridgehead atoms. The highest BCUT2D eigenvalue weighted by molar-refractivity contribution is 7.91. The molecule has 0 aromatic heterocycles. The highest BCUT2D eigenvalue weighted by atomic mass is 32.2. The van der Waals surface area contributed by atoms with Crippen LogP contribution in [0.2, 0.25) is 0 Å². The summed E-state index contributed by atoms with van der Waals surface area (Å²) in [5, 5.41) is 0. The van der Waals surface area contributed by atoms with E-state index in [0.717, 1.165) is 12.8 Å². The smallest absolute Gasteiger partial charge is 0.182 e. The number of hydrogen-bond donors (Lipinski definition) is 1. The lowest BCUT2D eigenvalue weighted by atomic mass is 9.82.